The first-order valence-electron chi connectivity index (χ1n) is 6.68. The number of nitriles is 1. The Morgan fingerprint density at radius 1 is 1.00 bits per heavy atom. The molecule has 4 nitrogen and oxygen atoms in total. The second-order valence-electron chi connectivity index (χ2n) is 4.71. The van der Waals surface area contributed by atoms with Crippen LogP contribution in [0.4, 0.5) is 5.69 Å². The first-order valence-corrected chi connectivity index (χ1v) is 6.68. The lowest BCUT2D eigenvalue weighted by molar-refractivity contribution is 1.09. The van der Waals surface area contributed by atoms with E-state index in [4.69, 9.17) is 5.26 Å². The van der Waals surface area contributed by atoms with Gasteiger partial charge in [-0.05, 0) is 41.5 Å². The standard InChI is InChI=1S/C17H14N4/c18-11-13-1-3-14(4-2-13)12-19-16-7-5-15(6-8-16)17-9-10-20-21-17/h1-10,19H,12H2,(H,20,21). The molecule has 0 amide bonds. The van der Waals surface area contributed by atoms with Gasteiger partial charge in [0.15, 0.2) is 0 Å². The summed E-state index contributed by atoms with van der Waals surface area (Å²) in [6.07, 6.45) is 1.74. The van der Waals surface area contributed by atoms with E-state index in [-0.39, 0.29) is 0 Å². The normalized spacial score (nSPS) is 10.0. The molecule has 0 aliphatic carbocycles. The topological polar surface area (TPSA) is 64.5 Å². The van der Waals surface area contributed by atoms with Gasteiger partial charge in [0.1, 0.15) is 0 Å². The quantitative estimate of drug-likeness (QED) is 0.764. The van der Waals surface area contributed by atoms with Crippen molar-refractivity contribution in [2.45, 2.75) is 6.54 Å². The van der Waals surface area contributed by atoms with Crippen LogP contribution >= 0.6 is 0 Å². The number of nitrogens with zero attached hydrogens (tertiary/aromatic N) is 2. The van der Waals surface area contributed by atoms with Crippen LogP contribution in [-0.4, -0.2) is 10.2 Å². The highest BCUT2D eigenvalue weighted by Gasteiger charge is 1.99. The summed E-state index contributed by atoms with van der Waals surface area (Å²) < 4.78 is 0. The number of anilines is 1. The minimum Gasteiger partial charge on any atom is -0.381 e. The summed E-state index contributed by atoms with van der Waals surface area (Å²) in [6, 6.07) is 19.8. The lowest BCUT2D eigenvalue weighted by atomic mass is 10.1. The largest absolute Gasteiger partial charge is 0.381 e. The molecule has 0 aliphatic heterocycles. The van der Waals surface area contributed by atoms with Crippen molar-refractivity contribution in [3.8, 4) is 17.3 Å². The number of aromatic amines is 1. The fourth-order valence-corrected chi connectivity index (χ4v) is 2.09. The monoisotopic (exact) mass is 274 g/mol. The van der Waals surface area contributed by atoms with Crippen LogP contribution in [0.25, 0.3) is 11.3 Å². The van der Waals surface area contributed by atoms with E-state index < -0.39 is 0 Å². The molecule has 0 saturated carbocycles. The van der Waals surface area contributed by atoms with Gasteiger partial charge in [-0.25, -0.2) is 0 Å². The third kappa shape index (κ3) is 3.10. The van der Waals surface area contributed by atoms with Crippen LogP contribution in [0.3, 0.4) is 0 Å². The van der Waals surface area contributed by atoms with E-state index in [1.54, 1.807) is 6.20 Å². The smallest absolute Gasteiger partial charge is 0.0991 e. The van der Waals surface area contributed by atoms with Crippen LogP contribution in [0.15, 0.2) is 60.8 Å². The maximum absolute atomic E-state index is 8.77. The van der Waals surface area contributed by atoms with Crippen LogP contribution < -0.4 is 5.32 Å². The molecular formula is C17H14N4. The zero-order valence-electron chi connectivity index (χ0n) is 11.4. The Hall–Kier alpha value is -3.06. The predicted octanol–water partition coefficient (Wildman–Crippen LogP) is 3.56. The van der Waals surface area contributed by atoms with Gasteiger partial charge in [0, 0.05) is 18.4 Å². The molecule has 0 radical (unpaired) electrons. The van der Waals surface area contributed by atoms with Crippen LogP contribution in [0.5, 0.6) is 0 Å². The number of rotatable bonds is 4. The maximum Gasteiger partial charge on any atom is 0.0991 e. The van der Waals surface area contributed by atoms with Crippen molar-refractivity contribution in [3.63, 3.8) is 0 Å². The van der Waals surface area contributed by atoms with Gasteiger partial charge >= 0.3 is 0 Å². The van der Waals surface area contributed by atoms with E-state index in [2.05, 4.69) is 33.7 Å². The van der Waals surface area contributed by atoms with E-state index in [0.717, 1.165) is 29.1 Å². The van der Waals surface area contributed by atoms with Crippen molar-refractivity contribution < 1.29 is 0 Å². The summed E-state index contributed by atoms with van der Waals surface area (Å²) in [5, 5.41) is 19.0. The molecule has 21 heavy (non-hydrogen) atoms. The van der Waals surface area contributed by atoms with Crippen molar-refractivity contribution in [1.82, 2.24) is 10.2 Å². The van der Waals surface area contributed by atoms with Crippen molar-refractivity contribution in [1.29, 1.82) is 5.26 Å². The van der Waals surface area contributed by atoms with E-state index in [1.165, 1.54) is 0 Å². The van der Waals surface area contributed by atoms with Gasteiger partial charge in [-0.2, -0.15) is 10.4 Å². The molecule has 0 fully saturated rings. The van der Waals surface area contributed by atoms with Crippen LogP contribution in [-0.2, 0) is 6.54 Å². The van der Waals surface area contributed by atoms with Gasteiger partial charge in [-0.15, -0.1) is 0 Å². The van der Waals surface area contributed by atoms with Crippen molar-refractivity contribution in [2.75, 3.05) is 5.32 Å². The van der Waals surface area contributed by atoms with Crippen LogP contribution in [0.2, 0.25) is 0 Å². The Balaban J connectivity index is 1.64. The highest BCUT2D eigenvalue weighted by atomic mass is 15.1. The highest BCUT2D eigenvalue weighted by Crippen LogP contribution is 2.19. The van der Waals surface area contributed by atoms with Crippen molar-refractivity contribution in [3.05, 3.63) is 71.9 Å². The molecule has 1 heterocycles. The fourth-order valence-electron chi connectivity index (χ4n) is 2.09. The third-order valence-corrected chi connectivity index (χ3v) is 3.28. The van der Waals surface area contributed by atoms with Gasteiger partial charge in [0.25, 0.3) is 0 Å². The molecule has 0 aliphatic rings. The summed E-state index contributed by atoms with van der Waals surface area (Å²) in [5.41, 5.74) is 5.00. The molecule has 3 rings (SSSR count). The van der Waals surface area contributed by atoms with E-state index in [0.29, 0.717) is 5.56 Å². The van der Waals surface area contributed by atoms with Gasteiger partial charge in [0.05, 0.1) is 17.3 Å². The minimum absolute atomic E-state index is 0.683. The number of benzene rings is 2. The number of hydrogen-bond acceptors (Lipinski definition) is 3. The second kappa shape index (κ2) is 5.93. The summed E-state index contributed by atoms with van der Waals surface area (Å²) in [6.45, 7) is 0.731. The molecule has 0 saturated heterocycles. The first kappa shape index (κ1) is 12.9. The molecule has 3 aromatic rings. The molecule has 4 heteroatoms. The maximum atomic E-state index is 8.77. The molecule has 0 unspecified atom stereocenters. The lowest BCUT2D eigenvalue weighted by Crippen LogP contribution is -1.99. The van der Waals surface area contributed by atoms with E-state index >= 15 is 0 Å². The van der Waals surface area contributed by atoms with Crippen LogP contribution in [0.1, 0.15) is 11.1 Å². The average molecular weight is 274 g/mol. The van der Waals surface area contributed by atoms with Gasteiger partial charge in [-0.1, -0.05) is 24.3 Å². The molecule has 2 aromatic carbocycles. The Bertz CT molecular complexity index is 735. The number of H-pyrrole nitrogens is 1. The summed E-state index contributed by atoms with van der Waals surface area (Å²) in [7, 11) is 0. The summed E-state index contributed by atoms with van der Waals surface area (Å²) in [4.78, 5) is 0. The Kier molecular flexibility index (Phi) is 3.66. The molecule has 0 atom stereocenters. The van der Waals surface area contributed by atoms with Gasteiger partial charge < -0.3 is 5.32 Å². The van der Waals surface area contributed by atoms with Gasteiger partial charge in [-0.3, -0.25) is 5.10 Å². The summed E-state index contributed by atoms with van der Waals surface area (Å²) in [5.74, 6) is 0. The molecular weight excluding hydrogens is 260 g/mol. The Morgan fingerprint density at radius 2 is 1.76 bits per heavy atom. The zero-order valence-corrected chi connectivity index (χ0v) is 11.4. The SMILES string of the molecule is N#Cc1ccc(CNc2ccc(-c3ccn[nH]3)cc2)cc1. The Morgan fingerprint density at radius 3 is 2.38 bits per heavy atom. The third-order valence-electron chi connectivity index (χ3n) is 3.28. The zero-order chi connectivity index (χ0) is 14.5. The fraction of sp³-hybridized carbons (Fsp3) is 0.0588. The van der Waals surface area contributed by atoms with Crippen molar-refractivity contribution in [2.24, 2.45) is 0 Å². The summed E-state index contributed by atoms with van der Waals surface area (Å²) >= 11 is 0. The number of nitrogens with one attached hydrogen (secondary N) is 2. The van der Waals surface area contributed by atoms with E-state index in [1.807, 2.05) is 42.5 Å². The minimum atomic E-state index is 0.683. The lowest BCUT2D eigenvalue weighted by Gasteiger charge is -2.07. The first-order chi connectivity index (χ1) is 10.3. The second-order valence-corrected chi connectivity index (χ2v) is 4.71. The molecule has 102 valence electrons. The number of aromatic nitrogens is 2. The molecule has 0 spiro atoms. The molecule has 2 N–H and O–H groups in total. The number of hydrogen-bond donors (Lipinski definition) is 2. The van der Waals surface area contributed by atoms with Crippen LogP contribution in [0, 0.1) is 11.3 Å². The highest BCUT2D eigenvalue weighted by molar-refractivity contribution is 5.62. The predicted molar refractivity (Wildman–Crippen MR) is 82.5 cm³/mol. The van der Waals surface area contributed by atoms with E-state index in [9.17, 15) is 0 Å². The molecule has 0 bridgehead atoms. The Labute approximate surface area is 123 Å². The van der Waals surface area contributed by atoms with Gasteiger partial charge in [0.2, 0.25) is 0 Å². The molecule has 1 aromatic heterocycles. The average Bonchev–Trinajstić information content (AvgIpc) is 3.08. The van der Waals surface area contributed by atoms with Crippen molar-refractivity contribution >= 4 is 5.69 Å².